The molecule has 1 saturated heterocycles. The van der Waals surface area contributed by atoms with Crippen LogP contribution >= 0.6 is 0 Å². The van der Waals surface area contributed by atoms with Gasteiger partial charge in [-0.3, -0.25) is 9.88 Å². The molecule has 3 rings (SSSR count). The summed E-state index contributed by atoms with van der Waals surface area (Å²) in [6.07, 6.45) is 8.62. The molecule has 1 unspecified atom stereocenters. The number of nitrogens with one attached hydrogen (secondary N) is 1. The second kappa shape index (κ2) is 6.42. The summed E-state index contributed by atoms with van der Waals surface area (Å²) in [6.45, 7) is 5.73. The second-order valence-corrected chi connectivity index (χ2v) is 6.90. The number of likely N-dealkylation sites (tertiary alicyclic amines) is 1. The van der Waals surface area contributed by atoms with Gasteiger partial charge < -0.3 is 10.4 Å². The summed E-state index contributed by atoms with van der Waals surface area (Å²) < 4.78 is 0. The normalized spacial score (nSPS) is 23.9. The van der Waals surface area contributed by atoms with Crippen LogP contribution in [0, 0.1) is 5.92 Å². The molecule has 2 N–H and O–H groups in total. The van der Waals surface area contributed by atoms with E-state index in [-0.39, 0.29) is 12.1 Å². The van der Waals surface area contributed by atoms with Gasteiger partial charge >= 0.3 is 0 Å². The van der Waals surface area contributed by atoms with E-state index in [1.54, 1.807) is 0 Å². The number of aromatic nitrogens is 1. The van der Waals surface area contributed by atoms with Gasteiger partial charge in [0.05, 0.1) is 6.61 Å². The van der Waals surface area contributed by atoms with Crippen molar-refractivity contribution in [3.63, 3.8) is 0 Å². The van der Waals surface area contributed by atoms with Crippen LogP contribution in [0.25, 0.3) is 0 Å². The topological polar surface area (TPSA) is 48.4 Å². The van der Waals surface area contributed by atoms with Crippen molar-refractivity contribution in [2.24, 2.45) is 5.92 Å². The predicted octanol–water partition coefficient (Wildman–Crippen LogP) is 1.80. The first-order valence-corrected chi connectivity index (χ1v) is 8.19. The first-order chi connectivity index (χ1) is 10.2. The number of piperidine rings is 1. The summed E-state index contributed by atoms with van der Waals surface area (Å²) in [5.74, 6) is 0.678. The zero-order chi connectivity index (χ0) is 14.7. The molecule has 1 aliphatic heterocycles. The van der Waals surface area contributed by atoms with E-state index in [0.29, 0.717) is 12.0 Å². The molecular formula is C17H27N3O. The summed E-state index contributed by atoms with van der Waals surface area (Å²) in [4.78, 5) is 6.59. The maximum Gasteiger partial charge on any atom is 0.0613 e. The molecular weight excluding hydrogens is 262 g/mol. The second-order valence-electron chi connectivity index (χ2n) is 6.90. The van der Waals surface area contributed by atoms with E-state index in [9.17, 15) is 5.11 Å². The minimum absolute atomic E-state index is 0.0576. The van der Waals surface area contributed by atoms with Crippen LogP contribution in [0.1, 0.15) is 38.2 Å². The standard InChI is InChI=1S/C17H27N3O/c1-17(13-21,15-2-3-15)19-16-6-10-20(11-7-16)12-14-4-8-18-9-5-14/h4-5,8-9,15-16,19,21H,2-3,6-7,10-13H2,1H3. The largest absolute Gasteiger partial charge is 0.394 e. The molecule has 2 fully saturated rings. The van der Waals surface area contributed by atoms with E-state index < -0.39 is 0 Å². The fraction of sp³-hybridized carbons (Fsp3) is 0.706. The molecule has 0 amide bonds. The number of aliphatic hydroxyl groups excluding tert-OH is 1. The quantitative estimate of drug-likeness (QED) is 0.838. The summed E-state index contributed by atoms with van der Waals surface area (Å²) in [6, 6.07) is 4.75. The van der Waals surface area contributed by atoms with E-state index in [1.165, 1.54) is 31.2 Å². The number of pyridine rings is 1. The Morgan fingerprint density at radius 2 is 1.90 bits per heavy atom. The lowest BCUT2D eigenvalue weighted by molar-refractivity contribution is 0.113. The van der Waals surface area contributed by atoms with Crippen LogP contribution in [0.4, 0.5) is 0 Å². The molecule has 1 atom stereocenters. The molecule has 0 aromatic carbocycles. The van der Waals surface area contributed by atoms with Crippen LogP contribution in [0.5, 0.6) is 0 Å². The average molecular weight is 289 g/mol. The first kappa shape index (κ1) is 14.9. The molecule has 21 heavy (non-hydrogen) atoms. The lowest BCUT2D eigenvalue weighted by Gasteiger charge is -2.38. The Bertz CT molecular complexity index is 441. The summed E-state index contributed by atoms with van der Waals surface area (Å²) >= 11 is 0. The van der Waals surface area contributed by atoms with Crippen LogP contribution < -0.4 is 5.32 Å². The third kappa shape index (κ3) is 3.82. The Morgan fingerprint density at radius 3 is 2.48 bits per heavy atom. The average Bonchev–Trinajstić information content (AvgIpc) is 3.35. The van der Waals surface area contributed by atoms with Gasteiger partial charge in [0.1, 0.15) is 0 Å². The zero-order valence-electron chi connectivity index (χ0n) is 13.0. The van der Waals surface area contributed by atoms with Crippen molar-refractivity contribution >= 4 is 0 Å². The SMILES string of the molecule is CC(CO)(NC1CCN(Cc2ccncc2)CC1)C1CC1. The molecule has 2 heterocycles. The predicted molar refractivity (Wildman–Crippen MR) is 83.9 cm³/mol. The highest BCUT2D eigenvalue weighted by molar-refractivity contribution is 5.09. The monoisotopic (exact) mass is 289 g/mol. The Balaban J connectivity index is 1.46. The minimum Gasteiger partial charge on any atom is -0.394 e. The van der Waals surface area contributed by atoms with Gasteiger partial charge in [0.15, 0.2) is 0 Å². The molecule has 116 valence electrons. The zero-order valence-corrected chi connectivity index (χ0v) is 13.0. The molecule has 0 spiro atoms. The van der Waals surface area contributed by atoms with Crippen LogP contribution in [-0.2, 0) is 6.54 Å². The smallest absolute Gasteiger partial charge is 0.0613 e. The third-order valence-corrected chi connectivity index (χ3v) is 5.08. The van der Waals surface area contributed by atoms with Crippen LogP contribution in [0.3, 0.4) is 0 Å². The molecule has 2 aliphatic rings. The van der Waals surface area contributed by atoms with E-state index >= 15 is 0 Å². The number of rotatable bonds is 6. The molecule has 1 aromatic rings. The van der Waals surface area contributed by atoms with E-state index in [2.05, 4.69) is 34.3 Å². The molecule has 4 heteroatoms. The fourth-order valence-corrected chi connectivity index (χ4v) is 3.46. The fourth-order valence-electron chi connectivity index (χ4n) is 3.46. The van der Waals surface area contributed by atoms with Gasteiger partial charge in [-0.25, -0.2) is 0 Å². The Labute approximate surface area is 127 Å². The maximum atomic E-state index is 9.69. The van der Waals surface area contributed by atoms with Gasteiger partial charge in [0.25, 0.3) is 0 Å². The van der Waals surface area contributed by atoms with Crippen molar-refractivity contribution in [1.82, 2.24) is 15.2 Å². The Hall–Kier alpha value is -0.970. The number of hydrogen-bond donors (Lipinski definition) is 2. The molecule has 0 bridgehead atoms. The number of hydrogen-bond acceptors (Lipinski definition) is 4. The van der Waals surface area contributed by atoms with Gasteiger partial charge in [-0.05, 0) is 69.3 Å². The first-order valence-electron chi connectivity index (χ1n) is 8.19. The van der Waals surface area contributed by atoms with Crippen LogP contribution in [0.15, 0.2) is 24.5 Å². The van der Waals surface area contributed by atoms with Gasteiger partial charge in [0.2, 0.25) is 0 Å². The maximum absolute atomic E-state index is 9.69. The number of aliphatic hydroxyl groups is 1. The lowest BCUT2D eigenvalue weighted by Crippen LogP contribution is -2.55. The van der Waals surface area contributed by atoms with Crippen molar-refractivity contribution in [2.75, 3.05) is 19.7 Å². The van der Waals surface area contributed by atoms with Crippen LogP contribution in [0.2, 0.25) is 0 Å². The third-order valence-electron chi connectivity index (χ3n) is 5.08. The van der Waals surface area contributed by atoms with Crippen molar-refractivity contribution in [3.05, 3.63) is 30.1 Å². The highest BCUT2D eigenvalue weighted by Crippen LogP contribution is 2.39. The van der Waals surface area contributed by atoms with Gasteiger partial charge in [-0.15, -0.1) is 0 Å². The Kier molecular flexibility index (Phi) is 4.57. The minimum atomic E-state index is -0.0576. The molecule has 4 nitrogen and oxygen atoms in total. The van der Waals surface area contributed by atoms with E-state index in [1.807, 2.05) is 12.4 Å². The highest BCUT2D eigenvalue weighted by Gasteiger charge is 2.42. The van der Waals surface area contributed by atoms with Crippen molar-refractivity contribution in [3.8, 4) is 0 Å². The molecule has 0 radical (unpaired) electrons. The molecule has 1 aliphatic carbocycles. The summed E-state index contributed by atoms with van der Waals surface area (Å²) in [5.41, 5.74) is 1.28. The van der Waals surface area contributed by atoms with E-state index in [0.717, 1.165) is 19.6 Å². The van der Waals surface area contributed by atoms with Gasteiger partial charge in [-0.1, -0.05) is 0 Å². The highest BCUT2D eigenvalue weighted by atomic mass is 16.3. The summed E-state index contributed by atoms with van der Waals surface area (Å²) in [7, 11) is 0. The van der Waals surface area contributed by atoms with Crippen molar-refractivity contribution in [1.29, 1.82) is 0 Å². The van der Waals surface area contributed by atoms with Crippen LogP contribution in [-0.4, -0.2) is 46.3 Å². The molecule has 1 aromatic heterocycles. The lowest BCUT2D eigenvalue weighted by atomic mass is 9.93. The Morgan fingerprint density at radius 1 is 1.24 bits per heavy atom. The number of nitrogens with zero attached hydrogens (tertiary/aromatic N) is 2. The van der Waals surface area contributed by atoms with Gasteiger partial charge in [0, 0.05) is 30.5 Å². The van der Waals surface area contributed by atoms with Crippen molar-refractivity contribution < 1.29 is 5.11 Å². The summed E-state index contributed by atoms with van der Waals surface area (Å²) in [5, 5.41) is 13.4. The van der Waals surface area contributed by atoms with Crippen molar-refractivity contribution in [2.45, 2.75) is 50.7 Å². The molecule has 1 saturated carbocycles. The van der Waals surface area contributed by atoms with E-state index in [4.69, 9.17) is 0 Å². The van der Waals surface area contributed by atoms with Gasteiger partial charge in [-0.2, -0.15) is 0 Å².